The maximum atomic E-state index is 12.4. The summed E-state index contributed by atoms with van der Waals surface area (Å²) in [5.74, 6) is -0.986. The highest BCUT2D eigenvalue weighted by Gasteiger charge is 2.54. The Morgan fingerprint density at radius 2 is 2.00 bits per heavy atom. The predicted octanol–water partition coefficient (Wildman–Crippen LogP) is 2.07. The molecule has 112 valence electrons. The number of ketones is 2. The molecule has 2 heterocycles. The highest BCUT2D eigenvalue weighted by molar-refractivity contribution is 6.23. The van der Waals surface area contributed by atoms with Crippen molar-refractivity contribution in [1.29, 1.82) is 0 Å². The second-order valence-corrected chi connectivity index (χ2v) is 5.39. The van der Waals surface area contributed by atoms with E-state index in [1.165, 1.54) is 26.2 Å². The minimum Gasteiger partial charge on any atom is -0.464 e. The molecule has 0 N–H and O–H groups in total. The number of allylic oxidation sites excluding steroid dienone is 4. The molecule has 3 rings (SSSR count). The standard InChI is InChI=1S/C17H14O5/c1-4-5-11-6-10-7-13(19)17(3)15(12(10)8-21-11)14(9(2)18)16(20)22-17/h4-8H,1-3H3. The van der Waals surface area contributed by atoms with Crippen LogP contribution in [0.2, 0.25) is 0 Å². The maximum absolute atomic E-state index is 12.4. The van der Waals surface area contributed by atoms with Crippen LogP contribution in [0.1, 0.15) is 20.8 Å². The molecule has 1 aliphatic carbocycles. The molecule has 22 heavy (non-hydrogen) atoms. The molecule has 0 amide bonds. The lowest BCUT2D eigenvalue weighted by molar-refractivity contribution is -0.152. The van der Waals surface area contributed by atoms with Crippen LogP contribution in [-0.4, -0.2) is 23.1 Å². The number of hydrogen-bond acceptors (Lipinski definition) is 5. The zero-order chi connectivity index (χ0) is 16.1. The number of hydrogen-bond donors (Lipinski definition) is 0. The van der Waals surface area contributed by atoms with E-state index in [9.17, 15) is 14.4 Å². The van der Waals surface area contributed by atoms with Gasteiger partial charge in [-0.3, -0.25) is 9.59 Å². The van der Waals surface area contributed by atoms with E-state index in [0.29, 0.717) is 22.5 Å². The summed E-state index contributed by atoms with van der Waals surface area (Å²) in [7, 11) is 0. The van der Waals surface area contributed by atoms with Gasteiger partial charge in [0, 0.05) is 11.1 Å². The molecule has 3 aliphatic rings. The van der Waals surface area contributed by atoms with Gasteiger partial charge in [-0.05, 0) is 44.6 Å². The highest BCUT2D eigenvalue weighted by Crippen LogP contribution is 2.46. The summed E-state index contributed by atoms with van der Waals surface area (Å²) in [6.07, 6.45) is 8.12. The third-order valence-electron chi connectivity index (χ3n) is 3.86. The maximum Gasteiger partial charge on any atom is 0.343 e. The summed E-state index contributed by atoms with van der Waals surface area (Å²) < 4.78 is 10.7. The normalized spacial score (nSPS) is 26.8. The minimum absolute atomic E-state index is 0.0841. The summed E-state index contributed by atoms with van der Waals surface area (Å²) in [6.45, 7) is 4.63. The summed E-state index contributed by atoms with van der Waals surface area (Å²) in [6, 6.07) is 0. The minimum atomic E-state index is -1.46. The van der Waals surface area contributed by atoms with E-state index < -0.39 is 17.4 Å². The Morgan fingerprint density at radius 3 is 2.64 bits per heavy atom. The van der Waals surface area contributed by atoms with E-state index in [1.54, 1.807) is 12.2 Å². The second kappa shape index (κ2) is 4.66. The van der Waals surface area contributed by atoms with Crippen molar-refractivity contribution in [2.24, 2.45) is 0 Å². The van der Waals surface area contributed by atoms with Gasteiger partial charge in [0.15, 0.2) is 11.4 Å². The van der Waals surface area contributed by atoms with Crippen LogP contribution in [0.4, 0.5) is 0 Å². The quantitative estimate of drug-likeness (QED) is 0.576. The molecule has 0 saturated carbocycles. The van der Waals surface area contributed by atoms with Crippen LogP contribution in [0.5, 0.6) is 0 Å². The molecule has 0 fully saturated rings. The van der Waals surface area contributed by atoms with Crippen molar-refractivity contribution in [3.05, 3.63) is 58.6 Å². The third kappa shape index (κ3) is 1.82. The molecule has 0 aromatic carbocycles. The van der Waals surface area contributed by atoms with Crippen molar-refractivity contribution in [2.45, 2.75) is 26.4 Å². The van der Waals surface area contributed by atoms with E-state index in [4.69, 9.17) is 9.47 Å². The first-order valence-corrected chi connectivity index (χ1v) is 6.85. The summed E-state index contributed by atoms with van der Waals surface area (Å²) in [5.41, 5.74) is -0.106. The lowest BCUT2D eigenvalue weighted by atomic mass is 9.76. The number of carbonyl (C=O) groups is 3. The predicted molar refractivity (Wildman–Crippen MR) is 77.4 cm³/mol. The molecular formula is C17H14O5. The van der Waals surface area contributed by atoms with Gasteiger partial charge in [0.2, 0.25) is 5.78 Å². The fourth-order valence-corrected chi connectivity index (χ4v) is 2.83. The molecule has 1 atom stereocenters. The third-order valence-corrected chi connectivity index (χ3v) is 3.86. The van der Waals surface area contributed by atoms with Gasteiger partial charge in [0.1, 0.15) is 11.3 Å². The molecule has 5 nitrogen and oxygen atoms in total. The number of fused-ring (bicyclic) bond motifs is 3. The molecule has 0 aromatic rings. The lowest BCUT2D eigenvalue weighted by Crippen LogP contribution is -2.40. The monoisotopic (exact) mass is 298 g/mol. The van der Waals surface area contributed by atoms with Crippen LogP contribution >= 0.6 is 0 Å². The molecule has 1 unspecified atom stereocenters. The summed E-state index contributed by atoms with van der Waals surface area (Å²) in [5, 5.41) is 0. The molecular weight excluding hydrogens is 284 g/mol. The van der Waals surface area contributed by atoms with Crippen molar-refractivity contribution >= 4 is 17.5 Å². The summed E-state index contributed by atoms with van der Waals surface area (Å²) >= 11 is 0. The zero-order valence-corrected chi connectivity index (χ0v) is 12.4. The smallest absolute Gasteiger partial charge is 0.343 e. The molecule has 0 radical (unpaired) electrons. The Labute approximate surface area is 127 Å². The van der Waals surface area contributed by atoms with Gasteiger partial charge in [-0.2, -0.15) is 0 Å². The van der Waals surface area contributed by atoms with Gasteiger partial charge in [-0.1, -0.05) is 6.08 Å². The first-order chi connectivity index (χ1) is 10.4. The van der Waals surface area contributed by atoms with Crippen LogP contribution in [0.3, 0.4) is 0 Å². The molecule has 0 bridgehead atoms. The van der Waals surface area contributed by atoms with Crippen molar-refractivity contribution in [1.82, 2.24) is 0 Å². The Kier molecular flexibility index (Phi) is 3.02. The average Bonchev–Trinajstić information content (AvgIpc) is 2.72. The topological polar surface area (TPSA) is 69.7 Å². The number of ether oxygens (including phenoxy) is 2. The van der Waals surface area contributed by atoms with Crippen LogP contribution in [-0.2, 0) is 23.9 Å². The second-order valence-electron chi connectivity index (χ2n) is 5.39. The van der Waals surface area contributed by atoms with Crippen molar-refractivity contribution in [3.8, 4) is 0 Å². The van der Waals surface area contributed by atoms with E-state index in [-0.39, 0.29) is 11.4 Å². The number of carbonyl (C=O) groups excluding carboxylic acids is 3. The number of Topliss-reactive ketones (excluding diaryl/α,β-unsaturated/α-hetero) is 1. The van der Waals surface area contributed by atoms with Gasteiger partial charge < -0.3 is 9.47 Å². The first-order valence-electron chi connectivity index (χ1n) is 6.85. The SMILES string of the molecule is CC=CC1=CC2=CC(=O)C3(C)OC(=O)C(C(C)=O)=C3C2=CO1. The van der Waals surface area contributed by atoms with E-state index >= 15 is 0 Å². The Bertz CT molecular complexity index is 773. The summed E-state index contributed by atoms with van der Waals surface area (Å²) in [4.78, 5) is 36.2. The van der Waals surface area contributed by atoms with Crippen LogP contribution < -0.4 is 0 Å². The van der Waals surface area contributed by atoms with E-state index in [2.05, 4.69) is 0 Å². The van der Waals surface area contributed by atoms with E-state index in [1.807, 2.05) is 13.0 Å². The van der Waals surface area contributed by atoms with Crippen molar-refractivity contribution in [2.75, 3.05) is 0 Å². The molecule has 0 spiro atoms. The molecule has 5 heteroatoms. The Balaban J connectivity index is 2.24. The fourth-order valence-electron chi connectivity index (χ4n) is 2.83. The molecule has 0 aromatic heterocycles. The molecule has 2 aliphatic heterocycles. The zero-order valence-electron chi connectivity index (χ0n) is 12.4. The molecule has 0 saturated heterocycles. The van der Waals surface area contributed by atoms with Crippen LogP contribution in [0, 0.1) is 0 Å². The van der Waals surface area contributed by atoms with E-state index in [0.717, 1.165) is 0 Å². The highest BCUT2D eigenvalue weighted by atomic mass is 16.6. The van der Waals surface area contributed by atoms with Gasteiger partial charge in [-0.15, -0.1) is 0 Å². The number of rotatable bonds is 2. The largest absolute Gasteiger partial charge is 0.464 e. The number of esters is 1. The lowest BCUT2D eigenvalue weighted by Gasteiger charge is -2.31. The van der Waals surface area contributed by atoms with Gasteiger partial charge >= 0.3 is 5.97 Å². The van der Waals surface area contributed by atoms with Crippen LogP contribution in [0.15, 0.2) is 58.6 Å². The Morgan fingerprint density at radius 1 is 1.27 bits per heavy atom. The van der Waals surface area contributed by atoms with Crippen molar-refractivity contribution in [3.63, 3.8) is 0 Å². The van der Waals surface area contributed by atoms with Gasteiger partial charge in [-0.25, -0.2) is 4.79 Å². The van der Waals surface area contributed by atoms with Gasteiger partial charge in [0.05, 0.1) is 6.26 Å². The van der Waals surface area contributed by atoms with Gasteiger partial charge in [0.25, 0.3) is 0 Å². The first kappa shape index (κ1) is 14.3. The van der Waals surface area contributed by atoms with Crippen molar-refractivity contribution < 1.29 is 23.9 Å². The van der Waals surface area contributed by atoms with Crippen LogP contribution in [0.25, 0.3) is 0 Å². The average molecular weight is 298 g/mol. The Hall–Kier alpha value is -2.69. The fraction of sp³-hybridized carbons (Fsp3) is 0.235.